The topological polar surface area (TPSA) is 50.8 Å². The van der Waals surface area contributed by atoms with Gasteiger partial charge in [0.05, 0.1) is 25.4 Å². The van der Waals surface area contributed by atoms with Crippen molar-refractivity contribution in [2.75, 3.05) is 39.2 Å². The maximum atomic E-state index is 12.1. The van der Waals surface area contributed by atoms with E-state index in [1.54, 1.807) is 32.4 Å². The van der Waals surface area contributed by atoms with Gasteiger partial charge in [-0.3, -0.25) is 9.69 Å². The third-order valence-corrected chi connectivity index (χ3v) is 3.91. The molecule has 21 heavy (non-hydrogen) atoms. The zero-order valence-corrected chi connectivity index (χ0v) is 13.2. The number of likely N-dealkylation sites (tertiary alicyclic amines) is 1. The SMILES string of the molecule is COc1ccc(Cl)cc1NC(=O)CN1CCC(OC)CC1. The van der Waals surface area contributed by atoms with Crippen LogP contribution in [0.1, 0.15) is 12.8 Å². The van der Waals surface area contributed by atoms with Crippen molar-refractivity contribution in [1.82, 2.24) is 4.90 Å². The summed E-state index contributed by atoms with van der Waals surface area (Å²) in [7, 11) is 3.30. The van der Waals surface area contributed by atoms with Crippen LogP contribution in [0.15, 0.2) is 18.2 Å². The van der Waals surface area contributed by atoms with Crippen LogP contribution >= 0.6 is 11.6 Å². The van der Waals surface area contributed by atoms with Gasteiger partial charge in [0.1, 0.15) is 5.75 Å². The van der Waals surface area contributed by atoms with E-state index in [9.17, 15) is 4.79 Å². The molecule has 5 nitrogen and oxygen atoms in total. The minimum absolute atomic E-state index is 0.0635. The molecule has 6 heteroatoms. The Morgan fingerprint density at radius 1 is 1.38 bits per heavy atom. The van der Waals surface area contributed by atoms with Crippen LogP contribution in [-0.2, 0) is 9.53 Å². The Kier molecular flexibility index (Phi) is 5.85. The Morgan fingerprint density at radius 3 is 2.71 bits per heavy atom. The summed E-state index contributed by atoms with van der Waals surface area (Å²) in [5.41, 5.74) is 0.599. The Labute approximate surface area is 130 Å². The summed E-state index contributed by atoms with van der Waals surface area (Å²) in [6.07, 6.45) is 2.24. The minimum atomic E-state index is -0.0635. The number of anilines is 1. The van der Waals surface area contributed by atoms with E-state index in [1.807, 2.05) is 0 Å². The molecule has 1 aromatic carbocycles. The van der Waals surface area contributed by atoms with Gasteiger partial charge in [-0.15, -0.1) is 0 Å². The molecule has 0 saturated carbocycles. The normalized spacial score (nSPS) is 16.7. The number of methoxy groups -OCH3 is 2. The second-order valence-corrected chi connectivity index (χ2v) is 5.54. The number of ether oxygens (including phenoxy) is 2. The molecule has 0 aliphatic carbocycles. The molecule has 1 aliphatic rings. The Morgan fingerprint density at radius 2 is 2.10 bits per heavy atom. The van der Waals surface area contributed by atoms with Gasteiger partial charge in [-0.25, -0.2) is 0 Å². The van der Waals surface area contributed by atoms with E-state index in [0.29, 0.717) is 29.1 Å². The van der Waals surface area contributed by atoms with Gasteiger partial charge in [0.2, 0.25) is 5.91 Å². The third kappa shape index (κ3) is 4.59. The average Bonchev–Trinajstić information content (AvgIpc) is 2.48. The Balaban J connectivity index is 1.89. The summed E-state index contributed by atoms with van der Waals surface area (Å²) in [5, 5.41) is 3.42. The molecule has 1 N–H and O–H groups in total. The van der Waals surface area contributed by atoms with Gasteiger partial charge >= 0.3 is 0 Å². The summed E-state index contributed by atoms with van der Waals surface area (Å²) in [6.45, 7) is 2.11. The number of carbonyl (C=O) groups excluding carboxylic acids is 1. The highest BCUT2D eigenvalue weighted by Gasteiger charge is 2.20. The van der Waals surface area contributed by atoms with E-state index in [1.165, 1.54) is 0 Å². The van der Waals surface area contributed by atoms with Crippen molar-refractivity contribution < 1.29 is 14.3 Å². The van der Waals surface area contributed by atoms with Crippen LogP contribution in [0, 0.1) is 0 Å². The molecule has 1 aliphatic heterocycles. The van der Waals surface area contributed by atoms with Crippen molar-refractivity contribution in [2.45, 2.75) is 18.9 Å². The number of piperidine rings is 1. The lowest BCUT2D eigenvalue weighted by Gasteiger charge is -2.30. The molecular weight excluding hydrogens is 292 g/mol. The van der Waals surface area contributed by atoms with E-state index >= 15 is 0 Å². The molecule has 1 fully saturated rings. The lowest BCUT2D eigenvalue weighted by molar-refractivity contribution is -0.117. The highest BCUT2D eigenvalue weighted by atomic mass is 35.5. The molecule has 0 aromatic heterocycles. The van der Waals surface area contributed by atoms with Gasteiger partial charge in [-0.1, -0.05) is 11.6 Å². The van der Waals surface area contributed by atoms with Gasteiger partial charge in [-0.2, -0.15) is 0 Å². The summed E-state index contributed by atoms with van der Waals surface area (Å²) in [5.74, 6) is 0.539. The first kappa shape index (κ1) is 16.1. The molecule has 2 rings (SSSR count). The highest BCUT2D eigenvalue weighted by Crippen LogP contribution is 2.27. The Bertz CT molecular complexity index is 488. The molecule has 0 unspecified atom stereocenters. The highest BCUT2D eigenvalue weighted by molar-refractivity contribution is 6.31. The van der Waals surface area contributed by atoms with Crippen molar-refractivity contribution in [1.29, 1.82) is 0 Å². The smallest absolute Gasteiger partial charge is 0.238 e. The van der Waals surface area contributed by atoms with Gasteiger partial charge in [0.25, 0.3) is 0 Å². The summed E-state index contributed by atoms with van der Waals surface area (Å²) in [6, 6.07) is 5.16. The fourth-order valence-electron chi connectivity index (χ4n) is 2.47. The average molecular weight is 313 g/mol. The van der Waals surface area contributed by atoms with E-state index in [4.69, 9.17) is 21.1 Å². The first-order valence-corrected chi connectivity index (χ1v) is 7.38. The van der Waals surface area contributed by atoms with Crippen molar-refractivity contribution in [3.05, 3.63) is 23.2 Å². The molecule has 0 bridgehead atoms. The van der Waals surface area contributed by atoms with Crippen molar-refractivity contribution in [2.24, 2.45) is 0 Å². The molecular formula is C15H21ClN2O3. The van der Waals surface area contributed by atoms with E-state index in [0.717, 1.165) is 25.9 Å². The standard InChI is InChI=1S/C15H21ClN2O3/c1-20-12-5-7-18(8-6-12)10-15(19)17-13-9-11(16)3-4-14(13)21-2/h3-4,9,12H,5-8,10H2,1-2H3,(H,17,19). The zero-order chi connectivity index (χ0) is 15.2. The van der Waals surface area contributed by atoms with Gasteiger partial charge in [-0.05, 0) is 31.0 Å². The summed E-state index contributed by atoms with van der Waals surface area (Å²) >= 11 is 5.95. The van der Waals surface area contributed by atoms with Crippen LogP contribution in [-0.4, -0.2) is 50.8 Å². The van der Waals surface area contributed by atoms with E-state index in [-0.39, 0.29) is 5.91 Å². The zero-order valence-electron chi connectivity index (χ0n) is 12.4. The lowest BCUT2D eigenvalue weighted by atomic mass is 10.1. The molecule has 0 spiro atoms. The van der Waals surface area contributed by atoms with E-state index in [2.05, 4.69) is 10.2 Å². The maximum Gasteiger partial charge on any atom is 0.238 e. The number of nitrogens with zero attached hydrogens (tertiary/aromatic N) is 1. The van der Waals surface area contributed by atoms with Crippen molar-refractivity contribution in [3.8, 4) is 5.75 Å². The summed E-state index contributed by atoms with van der Waals surface area (Å²) in [4.78, 5) is 14.3. The first-order valence-electron chi connectivity index (χ1n) is 7.01. The predicted octanol–water partition coefficient (Wildman–Crippen LogP) is 2.40. The second-order valence-electron chi connectivity index (χ2n) is 5.10. The maximum absolute atomic E-state index is 12.1. The predicted molar refractivity (Wildman–Crippen MR) is 83.1 cm³/mol. The second kappa shape index (κ2) is 7.64. The third-order valence-electron chi connectivity index (χ3n) is 3.67. The van der Waals surface area contributed by atoms with Gasteiger partial charge in [0, 0.05) is 25.2 Å². The van der Waals surface area contributed by atoms with Crippen LogP contribution < -0.4 is 10.1 Å². The number of hydrogen-bond acceptors (Lipinski definition) is 4. The monoisotopic (exact) mass is 312 g/mol. The van der Waals surface area contributed by atoms with Crippen LogP contribution in [0.5, 0.6) is 5.75 Å². The number of nitrogens with one attached hydrogen (secondary N) is 1. The molecule has 1 heterocycles. The minimum Gasteiger partial charge on any atom is -0.495 e. The van der Waals surface area contributed by atoms with E-state index < -0.39 is 0 Å². The quantitative estimate of drug-likeness (QED) is 0.907. The number of rotatable bonds is 5. The molecule has 1 aromatic rings. The number of amides is 1. The lowest BCUT2D eigenvalue weighted by Crippen LogP contribution is -2.41. The fourth-order valence-corrected chi connectivity index (χ4v) is 2.65. The number of hydrogen-bond donors (Lipinski definition) is 1. The van der Waals surface area contributed by atoms with Crippen LogP contribution in [0.2, 0.25) is 5.02 Å². The molecule has 116 valence electrons. The Hall–Kier alpha value is -1.30. The van der Waals surface area contributed by atoms with Crippen LogP contribution in [0.3, 0.4) is 0 Å². The molecule has 1 saturated heterocycles. The van der Waals surface area contributed by atoms with Gasteiger partial charge < -0.3 is 14.8 Å². The van der Waals surface area contributed by atoms with Crippen LogP contribution in [0.25, 0.3) is 0 Å². The van der Waals surface area contributed by atoms with Crippen LogP contribution in [0.4, 0.5) is 5.69 Å². The van der Waals surface area contributed by atoms with Crippen molar-refractivity contribution in [3.63, 3.8) is 0 Å². The van der Waals surface area contributed by atoms with Gasteiger partial charge in [0.15, 0.2) is 0 Å². The molecule has 0 atom stereocenters. The molecule has 0 radical (unpaired) electrons. The fraction of sp³-hybridized carbons (Fsp3) is 0.533. The molecule has 1 amide bonds. The number of benzene rings is 1. The summed E-state index contributed by atoms with van der Waals surface area (Å²) < 4.78 is 10.5. The first-order chi connectivity index (χ1) is 10.1. The number of halogens is 1. The largest absolute Gasteiger partial charge is 0.495 e. The van der Waals surface area contributed by atoms with Crippen molar-refractivity contribution >= 4 is 23.2 Å². The number of carbonyl (C=O) groups is 1.